The van der Waals surface area contributed by atoms with Crippen molar-refractivity contribution in [2.45, 2.75) is 6.92 Å². The molecule has 0 spiro atoms. The molecular weight excluding hydrogens is 254 g/mol. The molecule has 19 heavy (non-hydrogen) atoms. The van der Waals surface area contributed by atoms with E-state index in [1.54, 1.807) is 0 Å². The molecule has 1 atom stereocenters. The zero-order valence-electron chi connectivity index (χ0n) is 11.3. The lowest BCUT2D eigenvalue weighted by atomic mass is 9.85. The van der Waals surface area contributed by atoms with Crippen molar-refractivity contribution in [3.63, 3.8) is 0 Å². The third-order valence-corrected chi connectivity index (χ3v) is 3.20. The van der Waals surface area contributed by atoms with Crippen LogP contribution in [0, 0.1) is 11.8 Å². The zero-order chi connectivity index (χ0) is 14.4. The predicted octanol–water partition coefficient (Wildman–Crippen LogP) is 5.45. The van der Waals surface area contributed by atoms with E-state index in [-0.39, 0.29) is 11.8 Å². The molecule has 1 aromatic rings. The quantitative estimate of drug-likeness (QED) is 0.652. The van der Waals surface area contributed by atoms with E-state index in [1.165, 1.54) is 0 Å². The molecule has 0 fully saturated rings. The van der Waals surface area contributed by atoms with Gasteiger partial charge in [0.05, 0.1) is 0 Å². The Labute approximate surface area is 121 Å². The molecule has 0 radical (unpaired) electrons. The van der Waals surface area contributed by atoms with E-state index >= 15 is 0 Å². The van der Waals surface area contributed by atoms with Crippen molar-refractivity contribution in [1.82, 2.24) is 0 Å². The van der Waals surface area contributed by atoms with Gasteiger partial charge in [0.25, 0.3) is 0 Å². The number of benzene rings is 1. The Balaban J connectivity index is 2.92. The van der Waals surface area contributed by atoms with Crippen molar-refractivity contribution >= 4 is 17.3 Å². The predicted molar refractivity (Wildman–Crippen MR) is 86.4 cm³/mol. The minimum atomic E-state index is 0.0639. The van der Waals surface area contributed by atoms with Gasteiger partial charge in [0, 0.05) is 28.2 Å². The summed E-state index contributed by atoms with van der Waals surface area (Å²) in [5, 5.41) is 3.97. The minimum absolute atomic E-state index is 0.0639. The second-order valence-corrected chi connectivity index (χ2v) is 4.97. The van der Waals surface area contributed by atoms with Gasteiger partial charge in [0.1, 0.15) is 0 Å². The summed E-state index contributed by atoms with van der Waals surface area (Å²) in [6, 6.07) is 7.54. The van der Waals surface area contributed by atoms with Gasteiger partial charge in [-0.2, -0.15) is 0 Å². The van der Waals surface area contributed by atoms with Crippen molar-refractivity contribution in [2.75, 3.05) is 5.32 Å². The summed E-state index contributed by atoms with van der Waals surface area (Å²) in [5.74, 6) is 0.172. The summed E-state index contributed by atoms with van der Waals surface area (Å²) in [6.45, 7) is 17.8. The molecule has 1 aromatic carbocycles. The lowest BCUT2D eigenvalue weighted by molar-refractivity contribution is 0.613. The van der Waals surface area contributed by atoms with Gasteiger partial charge in [-0.1, -0.05) is 48.6 Å². The van der Waals surface area contributed by atoms with Crippen LogP contribution in [-0.2, 0) is 0 Å². The summed E-state index contributed by atoms with van der Waals surface area (Å²) >= 11 is 5.97. The third kappa shape index (κ3) is 4.15. The molecule has 1 nitrogen and oxygen atoms in total. The van der Waals surface area contributed by atoms with Crippen LogP contribution in [0.3, 0.4) is 0 Å². The molecule has 0 aliphatic heterocycles. The number of allylic oxidation sites excluding steroid dienone is 3. The molecular formula is C17H20ClN. The van der Waals surface area contributed by atoms with Crippen molar-refractivity contribution < 1.29 is 0 Å². The highest BCUT2D eigenvalue weighted by molar-refractivity contribution is 6.30. The van der Waals surface area contributed by atoms with Gasteiger partial charge in [-0.05, 0) is 25.1 Å². The Morgan fingerprint density at radius 3 is 2.37 bits per heavy atom. The lowest BCUT2D eigenvalue weighted by Gasteiger charge is -2.25. The Hall–Kier alpha value is -1.73. The fraction of sp³-hybridized carbons (Fsp3) is 0.176. The fourth-order valence-electron chi connectivity index (χ4n) is 2.06. The van der Waals surface area contributed by atoms with E-state index < -0.39 is 0 Å². The molecule has 0 aliphatic rings. The number of rotatable bonds is 7. The topological polar surface area (TPSA) is 12.0 Å². The van der Waals surface area contributed by atoms with Crippen LogP contribution in [-0.4, -0.2) is 0 Å². The maximum Gasteiger partial charge on any atom is 0.0426 e. The molecule has 2 heteroatoms. The van der Waals surface area contributed by atoms with Gasteiger partial charge in [-0.25, -0.2) is 0 Å². The highest BCUT2D eigenvalue weighted by atomic mass is 35.5. The molecule has 0 saturated carbocycles. The van der Waals surface area contributed by atoms with Crippen LogP contribution in [0.1, 0.15) is 6.92 Å². The maximum absolute atomic E-state index is 5.97. The van der Waals surface area contributed by atoms with Gasteiger partial charge in [0.15, 0.2) is 0 Å². The average molecular weight is 274 g/mol. The van der Waals surface area contributed by atoms with Crippen LogP contribution >= 0.6 is 11.6 Å². The molecule has 0 amide bonds. The maximum atomic E-state index is 5.97. The van der Waals surface area contributed by atoms with Crippen LogP contribution in [0.4, 0.5) is 5.69 Å². The summed E-state index contributed by atoms with van der Waals surface area (Å²) in [5.41, 5.74) is 2.79. The second-order valence-electron chi connectivity index (χ2n) is 4.53. The molecule has 0 saturated heterocycles. The first kappa shape index (κ1) is 15.3. The Bertz CT molecular complexity index is 494. The summed E-state index contributed by atoms with van der Waals surface area (Å²) in [4.78, 5) is 0. The van der Waals surface area contributed by atoms with E-state index in [4.69, 9.17) is 11.6 Å². The molecule has 1 unspecified atom stereocenters. The number of nitrogens with one attached hydrogen (secondary N) is 1. The first-order valence-electron chi connectivity index (χ1n) is 6.11. The highest BCUT2D eigenvalue weighted by Crippen LogP contribution is 2.29. The van der Waals surface area contributed by atoms with E-state index in [0.717, 1.165) is 17.0 Å². The van der Waals surface area contributed by atoms with Gasteiger partial charge >= 0.3 is 0 Å². The van der Waals surface area contributed by atoms with Crippen LogP contribution < -0.4 is 5.32 Å². The molecule has 0 aliphatic carbocycles. The van der Waals surface area contributed by atoms with Crippen molar-refractivity contribution in [1.29, 1.82) is 0 Å². The second kappa shape index (κ2) is 7.01. The number of hydrogen-bond donors (Lipinski definition) is 1. The third-order valence-electron chi connectivity index (χ3n) is 2.97. The summed E-state index contributed by atoms with van der Waals surface area (Å²) < 4.78 is 0. The first-order valence-corrected chi connectivity index (χ1v) is 6.49. The summed E-state index contributed by atoms with van der Waals surface area (Å²) in [7, 11) is 0. The number of hydrogen-bond acceptors (Lipinski definition) is 1. The average Bonchev–Trinajstić information content (AvgIpc) is 2.34. The fourth-order valence-corrected chi connectivity index (χ4v) is 2.25. The molecule has 100 valence electrons. The van der Waals surface area contributed by atoms with Crippen molar-refractivity contribution in [3.05, 3.63) is 79.0 Å². The van der Waals surface area contributed by atoms with Crippen LogP contribution in [0.5, 0.6) is 0 Å². The van der Waals surface area contributed by atoms with E-state index in [0.29, 0.717) is 5.02 Å². The SMILES string of the molecule is C=CC(C=C)C(C(=C)C)C(=C)Nc1cccc(Cl)c1. The van der Waals surface area contributed by atoms with Crippen LogP contribution in [0.25, 0.3) is 0 Å². The summed E-state index contributed by atoms with van der Waals surface area (Å²) in [6.07, 6.45) is 3.72. The monoisotopic (exact) mass is 273 g/mol. The van der Waals surface area contributed by atoms with E-state index in [1.807, 2.05) is 43.3 Å². The van der Waals surface area contributed by atoms with Crippen molar-refractivity contribution in [3.8, 4) is 0 Å². The normalized spacial score (nSPS) is 11.7. The lowest BCUT2D eigenvalue weighted by Crippen LogP contribution is -2.18. The Morgan fingerprint density at radius 2 is 1.89 bits per heavy atom. The number of anilines is 1. The van der Waals surface area contributed by atoms with Gasteiger partial charge < -0.3 is 5.32 Å². The molecule has 1 N–H and O–H groups in total. The molecule has 1 rings (SSSR count). The standard InChI is InChI=1S/C17H20ClN/c1-6-14(7-2)17(12(3)4)13(5)19-16-10-8-9-15(18)11-16/h6-11,14,17,19H,1-3,5H2,4H3. The van der Waals surface area contributed by atoms with E-state index in [2.05, 4.69) is 31.6 Å². The van der Waals surface area contributed by atoms with Crippen LogP contribution in [0.2, 0.25) is 5.02 Å². The highest BCUT2D eigenvalue weighted by Gasteiger charge is 2.20. The van der Waals surface area contributed by atoms with Gasteiger partial charge in [0.2, 0.25) is 0 Å². The molecule has 0 bridgehead atoms. The Kier molecular flexibility index (Phi) is 5.65. The first-order chi connectivity index (χ1) is 8.99. The van der Waals surface area contributed by atoms with Gasteiger partial charge in [-0.15, -0.1) is 13.2 Å². The largest absolute Gasteiger partial charge is 0.359 e. The number of halogens is 1. The van der Waals surface area contributed by atoms with Gasteiger partial charge in [-0.3, -0.25) is 0 Å². The minimum Gasteiger partial charge on any atom is -0.359 e. The Morgan fingerprint density at radius 1 is 1.26 bits per heavy atom. The molecule has 0 heterocycles. The van der Waals surface area contributed by atoms with Crippen molar-refractivity contribution in [2.24, 2.45) is 11.8 Å². The van der Waals surface area contributed by atoms with E-state index in [9.17, 15) is 0 Å². The molecule has 0 aromatic heterocycles. The van der Waals surface area contributed by atoms with Crippen LogP contribution in [0.15, 0.2) is 74.0 Å². The smallest absolute Gasteiger partial charge is 0.0426 e. The zero-order valence-corrected chi connectivity index (χ0v) is 12.1.